The van der Waals surface area contributed by atoms with Crippen LogP contribution in [0.4, 0.5) is 16.5 Å². The zero-order valence-corrected chi connectivity index (χ0v) is 26.2. The maximum absolute atomic E-state index is 13.3. The van der Waals surface area contributed by atoms with E-state index >= 15 is 0 Å². The topological polar surface area (TPSA) is 143 Å². The molecule has 0 saturated carbocycles. The Morgan fingerprint density at radius 2 is 1.59 bits per heavy atom. The van der Waals surface area contributed by atoms with Crippen molar-refractivity contribution < 1.29 is 19.3 Å². The summed E-state index contributed by atoms with van der Waals surface area (Å²) in [6, 6.07) is 28.2. The van der Waals surface area contributed by atoms with Gasteiger partial charge in [0.1, 0.15) is 5.70 Å². The first-order valence-electron chi connectivity index (χ1n) is 13.6. The van der Waals surface area contributed by atoms with Gasteiger partial charge in [0.2, 0.25) is 5.91 Å². The van der Waals surface area contributed by atoms with Crippen molar-refractivity contribution in [1.29, 1.82) is 0 Å². The minimum absolute atomic E-state index is 0.135. The van der Waals surface area contributed by atoms with Gasteiger partial charge in [0, 0.05) is 38.2 Å². The summed E-state index contributed by atoms with van der Waals surface area (Å²) >= 11 is 8.58. The van der Waals surface area contributed by atoms with Gasteiger partial charge in [0.25, 0.3) is 17.5 Å². The van der Waals surface area contributed by atoms with Gasteiger partial charge in [-0.15, -0.1) is 23.1 Å². The number of amides is 3. The highest BCUT2D eigenvalue weighted by Gasteiger charge is 2.18. The Morgan fingerprint density at radius 1 is 0.891 bits per heavy atom. The Morgan fingerprint density at radius 3 is 2.30 bits per heavy atom. The molecule has 0 atom stereocenters. The zero-order chi connectivity index (χ0) is 32.5. The van der Waals surface area contributed by atoms with E-state index in [0.29, 0.717) is 21.4 Å². The Kier molecular flexibility index (Phi) is 10.6. The molecule has 10 nitrogen and oxygen atoms in total. The first kappa shape index (κ1) is 32.1. The van der Waals surface area contributed by atoms with E-state index in [1.54, 1.807) is 72.8 Å². The summed E-state index contributed by atoms with van der Waals surface area (Å²) in [5, 5.41) is 22.6. The normalized spacial score (nSPS) is 11.0. The van der Waals surface area contributed by atoms with Gasteiger partial charge in [0.15, 0.2) is 5.13 Å². The van der Waals surface area contributed by atoms with E-state index in [1.165, 1.54) is 47.4 Å². The second-order valence-corrected chi connectivity index (χ2v) is 11.9. The van der Waals surface area contributed by atoms with E-state index < -0.39 is 16.7 Å². The molecule has 0 aliphatic rings. The predicted molar refractivity (Wildman–Crippen MR) is 182 cm³/mol. The van der Waals surface area contributed by atoms with E-state index in [9.17, 15) is 24.5 Å². The predicted octanol–water partition coefficient (Wildman–Crippen LogP) is 7.51. The van der Waals surface area contributed by atoms with Crippen molar-refractivity contribution in [3.63, 3.8) is 0 Å². The van der Waals surface area contributed by atoms with Crippen molar-refractivity contribution >= 4 is 75.0 Å². The second kappa shape index (κ2) is 15.1. The molecule has 230 valence electrons. The number of rotatable bonds is 11. The number of anilines is 2. The van der Waals surface area contributed by atoms with E-state index in [0.717, 1.165) is 16.2 Å². The molecule has 5 aromatic rings. The fraction of sp³-hybridized carbons (Fsp3) is 0.0303. The molecule has 3 amide bonds. The second-order valence-electron chi connectivity index (χ2n) is 9.55. The first-order valence-corrected chi connectivity index (χ1v) is 15.9. The van der Waals surface area contributed by atoms with Gasteiger partial charge < -0.3 is 16.0 Å². The van der Waals surface area contributed by atoms with Gasteiger partial charge in [0.05, 0.1) is 21.9 Å². The van der Waals surface area contributed by atoms with Gasteiger partial charge in [-0.05, 0) is 60.7 Å². The SMILES string of the molecule is O=C(CSc1ccc(NC(=O)/C(=C/c2ccccc2[N+](=O)[O-])NC(=O)c2ccccc2)cc1)Nc1nc(-c2ccc(Cl)cc2)cs1. The minimum atomic E-state index is -0.677. The molecule has 0 bridgehead atoms. The molecule has 0 aliphatic carbocycles. The van der Waals surface area contributed by atoms with Crippen LogP contribution in [0.25, 0.3) is 17.3 Å². The van der Waals surface area contributed by atoms with Crippen LogP contribution in [-0.2, 0) is 9.59 Å². The molecular formula is C33H24ClN5O5S2. The van der Waals surface area contributed by atoms with E-state index in [4.69, 9.17) is 11.6 Å². The zero-order valence-electron chi connectivity index (χ0n) is 23.8. The summed E-state index contributed by atoms with van der Waals surface area (Å²) in [6.07, 6.45) is 1.26. The number of hydrogen-bond acceptors (Lipinski definition) is 8. The fourth-order valence-electron chi connectivity index (χ4n) is 4.10. The third-order valence-electron chi connectivity index (χ3n) is 6.33. The quantitative estimate of drug-likeness (QED) is 0.0571. The summed E-state index contributed by atoms with van der Waals surface area (Å²) in [5.41, 5.74) is 2.11. The van der Waals surface area contributed by atoms with E-state index in [2.05, 4.69) is 20.9 Å². The fourth-order valence-corrected chi connectivity index (χ4v) is 5.66. The molecule has 0 unspecified atom stereocenters. The number of benzene rings is 4. The van der Waals surface area contributed by atoms with Crippen molar-refractivity contribution in [3.8, 4) is 11.3 Å². The molecule has 0 spiro atoms. The number of aromatic nitrogens is 1. The van der Waals surface area contributed by atoms with Crippen LogP contribution in [0.1, 0.15) is 15.9 Å². The number of thioether (sulfide) groups is 1. The lowest BCUT2D eigenvalue weighted by molar-refractivity contribution is -0.385. The molecule has 0 saturated heterocycles. The molecule has 0 radical (unpaired) electrons. The third kappa shape index (κ3) is 8.66. The number of carbonyl (C=O) groups is 3. The average molecular weight is 670 g/mol. The number of nitrogens with zero attached hydrogens (tertiary/aromatic N) is 2. The third-order valence-corrected chi connectivity index (χ3v) is 8.36. The van der Waals surface area contributed by atoms with Crippen LogP contribution in [0.2, 0.25) is 5.02 Å². The molecule has 46 heavy (non-hydrogen) atoms. The molecular weight excluding hydrogens is 646 g/mol. The summed E-state index contributed by atoms with van der Waals surface area (Å²) in [5.74, 6) is -1.32. The van der Waals surface area contributed by atoms with Crippen LogP contribution in [0.15, 0.2) is 119 Å². The maximum atomic E-state index is 13.3. The smallest absolute Gasteiger partial charge is 0.276 e. The number of hydrogen-bond donors (Lipinski definition) is 3. The van der Waals surface area contributed by atoms with Gasteiger partial charge in [-0.2, -0.15) is 0 Å². The van der Waals surface area contributed by atoms with Crippen molar-refractivity contribution in [3.05, 3.63) is 140 Å². The maximum Gasteiger partial charge on any atom is 0.276 e. The molecule has 4 aromatic carbocycles. The summed E-state index contributed by atoms with van der Waals surface area (Å²) in [7, 11) is 0. The minimum Gasteiger partial charge on any atom is -0.321 e. The lowest BCUT2D eigenvalue weighted by Crippen LogP contribution is -2.30. The monoisotopic (exact) mass is 669 g/mol. The first-order chi connectivity index (χ1) is 22.2. The number of halogens is 1. The standard InChI is InChI=1S/C33H24ClN5O5S2/c34-24-12-10-21(11-13-24)28-19-46-33(37-28)38-30(40)20-45-26-16-14-25(15-17-26)35-32(42)27(36-31(41)22-6-2-1-3-7-22)18-23-8-4-5-9-29(23)39(43)44/h1-19H,20H2,(H,35,42)(H,36,41)(H,37,38,40)/b27-18-. The van der Waals surface area contributed by atoms with Crippen molar-refractivity contribution in [2.75, 3.05) is 16.4 Å². The molecule has 0 aliphatic heterocycles. The van der Waals surface area contributed by atoms with Crippen LogP contribution in [0.5, 0.6) is 0 Å². The lowest BCUT2D eigenvalue weighted by atomic mass is 10.1. The number of nitrogens with one attached hydrogen (secondary N) is 3. The summed E-state index contributed by atoms with van der Waals surface area (Å²) in [6.45, 7) is 0. The molecule has 0 fully saturated rings. The number of para-hydroxylation sites is 1. The molecule has 1 heterocycles. The Bertz CT molecular complexity index is 1910. The summed E-state index contributed by atoms with van der Waals surface area (Å²) in [4.78, 5) is 55.0. The van der Waals surface area contributed by atoms with Crippen LogP contribution in [-0.4, -0.2) is 33.4 Å². The Balaban J connectivity index is 1.22. The van der Waals surface area contributed by atoms with Gasteiger partial charge in [-0.25, -0.2) is 4.98 Å². The number of carbonyl (C=O) groups excluding carboxylic acids is 3. The largest absolute Gasteiger partial charge is 0.321 e. The molecule has 5 rings (SSSR count). The van der Waals surface area contributed by atoms with Crippen LogP contribution in [0, 0.1) is 10.1 Å². The highest BCUT2D eigenvalue weighted by molar-refractivity contribution is 8.00. The van der Waals surface area contributed by atoms with Crippen LogP contribution in [0.3, 0.4) is 0 Å². The summed E-state index contributed by atoms with van der Waals surface area (Å²) < 4.78 is 0. The van der Waals surface area contributed by atoms with Crippen LogP contribution < -0.4 is 16.0 Å². The highest BCUT2D eigenvalue weighted by Crippen LogP contribution is 2.27. The lowest BCUT2D eigenvalue weighted by Gasteiger charge is -2.12. The van der Waals surface area contributed by atoms with Crippen molar-refractivity contribution in [1.82, 2.24) is 10.3 Å². The highest BCUT2D eigenvalue weighted by atomic mass is 35.5. The molecule has 1 aromatic heterocycles. The molecule has 3 N–H and O–H groups in total. The van der Waals surface area contributed by atoms with Crippen molar-refractivity contribution in [2.45, 2.75) is 4.90 Å². The van der Waals surface area contributed by atoms with Crippen LogP contribution >= 0.6 is 34.7 Å². The number of thiazole rings is 1. The number of nitro groups is 1. The van der Waals surface area contributed by atoms with Crippen molar-refractivity contribution in [2.24, 2.45) is 0 Å². The van der Waals surface area contributed by atoms with Gasteiger partial charge in [-0.3, -0.25) is 24.5 Å². The molecule has 13 heteroatoms. The average Bonchev–Trinajstić information content (AvgIpc) is 3.53. The Labute approximate surface area is 276 Å². The number of nitro benzene ring substituents is 1. The van der Waals surface area contributed by atoms with E-state index in [1.807, 2.05) is 17.5 Å². The van der Waals surface area contributed by atoms with Gasteiger partial charge in [-0.1, -0.05) is 54.1 Å². The van der Waals surface area contributed by atoms with E-state index in [-0.39, 0.29) is 28.6 Å². The van der Waals surface area contributed by atoms with Gasteiger partial charge >= 0.3 is 0 Å². The Hall–Kier alpha value is -5.30.